The fraction of sp³-hybridized carbons (Fsp3) is 0.500. The van der Waals surface area contributed by atoms with Gasteiger partial charge in [0.05, 0.1) is 30.1 Å². The summed E-state index contributed by atoms with van der Waals surface area (Å²) in [5.41, 5.74) is -1.37. The quantitative estimate of drug-likeness (QED) is 0.625. The summed E-state index contributed by atoms with van der Waals surface area (Å²) < 4.78 is 6.59. The van der Waals surface area contributed by atoms with Gasteiger partial charge in [-0.2, -0.15) is 0 Å². The molecule has 2 bridgehead atoms. The molecule has 0 aliphatic carbocycles. The molecule has 8 heteroatoms. The summed E-state index contributed by atoms with van der Waals surface area (Å²) in [6, 6.07) is 11.9. The van der Waals surface area contributed by atoms with E-state index in [0.717, 1.165) is 10.8 Å². The number of fused-ring (bicyclic) bond motifs is 2. The average molecular weight is 466 g/mol. The average Bonchev–Trinajstić information content (AvgIpc) is 3.34. The maximum absolute atomic E-state index is 13.8. The van der Waals surface area contributed by atoms with E-state index in [1.807, 2.05) is 56.3 Å². The number of anilines is 1. The third kappa shape index (κ3) is 2.94. The molecule has 5 rings (SSSR count). The second kappa shape index (κ2) is 7.78. The Morgan fingerprint density at radius 3 is 2.59 bits per heavy atom. The van der Waals surface area contributed by atoms with Crippen molar-refractivity contribution >= 4 is 34.2 Å². The summed E-state index contributed by atoms with van der Waals surface area (Å²) in [6.07, 6.45) is 0.484. The van der Waals surface area contributed by atoms with Crippen molar-refractivity contribution in [2.75, 3.05) is 19.0 Å². The molecule has 8 nitrogen and oxygen atoms in total. The Kier molecular flexibility index (Phi) is 5.22. The number of benzene rings is 2. The number of amides is 3. The van der Waals surface area contributed by atoms with Crippen LogP contribution in [-0.4, -0.2) is 64.7 Å². The molecule has 3 fully saturated rings. The molecule has 3 heterocycles. The van der Waals surface area contributed by atoms with Crippen molar-refractivity contribution in [1.82, 2.24) is 10.2 Å². The first kappa shape index (κ1) is 22.8. The lowest BCUT2D eigenvalue weighted by Gasteiger charge is -2.36. The zero-order valence-corrected chi connectivity index (χ0v) is 19.9. The number of rotatable bonds is 5. The second-order valence-corrected chi connectivity index (χ2v) is 10.1. The second-order valence-electron chi connectivity index (χ2n) is 10.1. The Hall–Kier alpha value is -2.97. The standard InChI is InChI=1S/C26H31N3O5/c1-14-12-26-20(19(22(31)27-4)25(14,3)34-26)24(33)29(15(2)13-30)21(26)23(32)28-18-10-9-16-7-5-6-8-17(16)11-18/h5-11,14-15,19-21,30H,12-13H2,1-4H3,(H,27,31)(H,28,32)/t14?,15-,19-,20+,21?,25+,26?/m1/s1. The topological polar surface area (TPSA) is 108 Å². The minimum Gasteiger partial charge on any atom is -0.394 e. The highest BCUT2D eigenvalue weighted by Gasteiger charge is 2.80. The van der Waals surface area contributed by atoms with Crippen LogP contribution >= 0.6 is 0 Å². The van der Waals surface area contributed by atoms with Gasteiger partial charge in [-0.15, -0.1) is 0 Å². The Labute approximate surface area is 198 Å². The molecule has 0 saturated carbocycles. The van der Waals surface area contributed by atoms with Gasteiger partial charge in [-0.05, 0) is 49.1 Å². The Morgan fingerprint density at radius 2 is 1.91 bits per heavy atom. The number of carbonyl (C=O) groups is 3. The minimum atomic E-state index is -1.13. The van der Waals surface area contributed by atoms with Gasteiger partial charge in [0, 0.05) is 12.7 Å². The highest BCUT2D eigenvalue weighted by molar-refractivity contribution is 6.04. The number of aliphatic hydroxyl groups excluding tert-OH is 1. The molecule has 1 spiro atoms. The monoisotopic (exact) mass is 465 g/mol. The summed E-state index contributed by atoms with van der Waals surface area (Å²) in [7, 11) is 1.55. The van der Waals surface area contributed by atoms with E-state index in [2.05, 4.69) is 10.6 Å². The summed E-state index contributed by atoms with van der Waals surface area (Å²) in [4.78, 5) is 42.0. The van der Waals surface area contributed by atoms with Gasteiger partial charge in [-0.25, -0.2) is 0 Å². The molecule has 7 atom stereocenters. The minimum absolute atomic E-state index is 0.0285. The molecule has 3 saturated heterocycles. The highest BCUT2D eigenvalue weighted by Crippen LogP contribution is 2.65. The van der Waals surface area contributed by atoms with Crippen molar-refractivity contribution in [2.45, 2.75) is 50.5 Å². The van der Waals surface area contributed by atoms with Crippen molar-refractivity contribution in [2.24, 2.45) is 17.8 Å². The van der Waals surface area contributed by atoms with Gasteiger partial charge in [0.2, 0.25) is 17.7 Å². The lowest BCUT2D eigenvalue weighted by molar-refractivity contribution is -0.148. The molecular formula is C26H31N3O5. The molecular weight excluding hydrogens is 434 g/mol. The molecule has 34 heavy (non-hydrogen) atoms. The van der Waals surface area contributed by atoms with Crippen LogP contribution in [0.3, 0.4) is 0 Å². The van der Waals surface area contributed by atoms with E-state index in [0.29, 0.717) is 12.1 Å². The molecule has 3 N–H and O–H groups in total. The number of likely N-dealkylation sites (tertiary alicyclic amines) is 1. The van der Waals surface area contributed by atoms with Crippen LogP contribution in [0, 0.1) is 17.8 Å². The van der Waals surface area contributed by atoms with Gasteiger partial charge in [0.1, 0.15) is 11.6 Å². The lowest BCUT2D eigenvalue weighted by atomic mass is 9.62. The molecule has 2 aromatic rings. The third-order valence-electron chi connectivity index (χ3n) is 8.29. The smallest absolute Gasteiger partial charge is 0.250 e. The maximum Gasteiger partial charge on any atom is 0.250 e. The molecule has 0 radical (unpaired) electrons. The van der Waals surface area contributed by atoms with Gasteiger partial charge < -0.3 is 25.4 Å². The number of aliphatic hydroxyl groups is 1. The Bertz CT molecular complexity index is 1180. The first-order chi connectivity index (χ1) is 16.2. The van der Waals surface area contributed by atoms with Crippen LogP contribution in [0.5, 0.6) is 0 Å². The molecule has 3 aliphatic rings. The zero-order valence-electron chi connectivity index (χ0n) is 19.9. The van der Waals surface area contributed by atoms with Gasteiger partial charge in [-0.1, -0.05) is 37.3 Å². The first-order valence-corrected chi connectivity index (χ1v) is 11.8. The molecule has 2 aromatic carbocycles. The van der Waals surface area contributed by atoms with Gasteiger partial charge in [-0.3, -0.25) is 14.4 Å². The number of nitrogens with zero attached hydrogens (tertiary/aromatic N) is 1. The summed E-state index contributed by atoms with van der Waals surface area (Å²) >= 11 is 0. The molecule has 3 aliphatic heterocycles. The number of ether oxygens (including phenoxy) is 1. The van der Waals surface area contributed by atoms with Crippen molar-refractivity contribution in [3.8, 4) is 0 Å². The van der Waals surface area contributed by atoms with Crippen molar-refractivity contribution in [1.29, 1.82) is 0 Å². The first-order valence-electron chi connectivity index (χ1n) is 11.8. The molecule has 180 valence electrons. The highest BCUT2D eigenvalue weighted by atomic mass is 16.5. The van der Waals surface area contributed by atoms with Crippen LogP contribution in [0.2, 0.25) is 0 Å². The van der Waals surface area contributed by atoms with Crippen LogP contribution in [0.15, 0.2) is 42.5 Å². The van der Waals surface area contributed by atoms with E-state index < -0.39 is 35.1 Å². The van der Waals surface area contributed by atoms with Crippen LogP contribution in [0.1, 0.15) is 27.2 Å². The van der Waals surface area contributed by atoms with Crippen LogP contribution in [0.4, 0.5) is 5.69 Å². The molecule has 3 amide bonds. The van der Waals surface area contributed by atoms with Crippen LogP contribution in [-0.2, 0) is 19.1 Å². The van der Waals surface area contributed by atoms with E-state index in [-0.39, 0.29) is 30.2 Å². The van der Waals surface area contributed by atoms with Gasteiger partial charge >= 0.3 is 0 Å². The van der Waals surface area contributed by atoms with Crippen molar-refractivity contribution in [3.05, 3.63) is 42.5 Å². The Morgan fingerprint density at radius 1 is 1.21 bits per heavy atom. The van der Waals surface area contributed by atoms with Crippen LogP contribution in [0.25, 0.3) is 10.8 Å². The number of hydrogen-bond acceptors (Lipinski definition) is 5. The number of nitrogens with one attached hydrogen (secondary N) is 2. The summed E-state index contributed by atoms with van der Waals surface area (Å²) in [6.45, 7) is 5.28. The van der Waals surface area contributed by atoms with E-state index in [9.17, 15) is 19.5 Å². The SMILES string of the molecule is CNC(=O)[C@H]1[C@H]2C(=O)N([C@H](C)CO)C(C(=O)Nc3ccc4ccccc4c3)C23CC(C)[C@]1(C)O3. The predicted octanol–water partition coefficient (Wildman–Crippen LogP) is 1.92. The predicted molar refractivity (Wildman–Crippen MR) is 127 cm³/mol. The normalized spacial score (nSPS) is 34.9. The maximum atomic E-state index is 13.8. The van der Waals surface area contributed by atoms with E-state index in [4.69, 9.17) is 4.74 Å². The zero-order chi connectivity index (χ0) is 24.4. The number of carbonyl (C=O) groups excluding carboxylic acids is 3. The fourth-order valence-corrected chi connectivity index (χ4v) is 6.57. The van der Waals surface area contributed by atoms with Crippen molar-refractivity contribution in [3.63, 3.8) is 0 Å². The molecule has 0 aromatic heterocycles. The van der Waals surface area contributed by atoms with Crippen molar-refractivity contribution < 1.29 is 24.2 Å². The Balaban J connectivity index is 1.57. The van der Waals surface area contributed by atoms with E-state index in [1.54, 1.807) is 14.0 Å². The van der Waals surface area contributed by atoms with Gasteiger partial charge in [0.15, 0.2) is 0 Å². The van der Waals surface area contributed by atoms with Gasteiger partial charge in [0.25, 0.3) is 0 Å². The third-order valence-corrected chi connectivity index (χ3v) is 8.29. The van der Waals surface area contributed by atoms with E-state index in [1.165, 1.54) is 4.90 Å². The lowest BCUT2D eigenvalue weighted by Crippen LogP contribution is -2.56. The fourth-order valence-electron chi connectivity index (χ4n) is 6.57. The van der Waals surface area contributed by atoms with E-state index >= 15 is 0 Å². The summed E-state index contributed by atoms with van der Waals surface area (Å²) in [5.74, 6) is -2.47. The molecule has 3 unspecified atom stereocenters. The number of hydrogen-bond donors (Lipinski definition) is 3. The summed E-state index contributed by atoms with van der Waals surface area (Å²) in [5, 5.41) is 17.6. The largest absolute Gasteiger partial charge is 0.394 e. The van der Waals surface area contributed by atoms with Crippen LogP contribution < -0.4 is 10.6 Å².